The molecule has 14 aromatic rings. The van der Waals surface area contributed by atoms with Gasteiger partial charge in [0.05, 0.1) is 11.4 Å². The zero-order valence-electron chi connectivity index (χ0n) is 36.7. The molecule has 0 spiro atoms. The van der Waals surface area contributed by atoms with Crippen LogP contribution in [0.2, 0.25) is 0 Å². The number of furan rings is 2. The van der Waals surface area contributed by atoms with Crippen LogP contribution in [-0.4, -0.2) is 0 Å². The van der Waals surface area contributed by atoms with Crippen molar-refractivity contribution in [3.05, 3.63) is 231 Å². The summed E-state index contributed by atoms with van der Waals surface area (Å²) in [5.74, 6) is 0. The average molecular weight is 867 g/mol. The summed E-state index contributed by atoms with van der Waals surface area (Å²) < 4.78 is 13.8. The Bertz CT molecular complexity index is 4110. The third kappa shape index (κ3) is 5.43. The highest BCUT2D eigenvalue weighted by molar-refractivity contribution is 6.19. The highest BCUT2D eigenvalue weighted by atomic mass is 16.3. The summed E-state index contributed by atoms with van der Waals surface area (Å²) in [7, 11) is 0. The van der Waals surface area contributed by atoms with Crippen LogP contribution in [0.25, 0.3) is 109 Å². The van der Waals surface area contributed by atoms with Crippen LogP contribution >= 0.6 is 0 Å². The molecule has 2 heterocycles. The number of hydrogen-bond acceptors (Lipinski definition) is 4. The van der Waals surface area contributed by atoms with Gasteiger partial charge < -0.3 is 18.6 Å². The smallest absolute Gasteiger partial charge is 0.159 e. The van der Waals surface area contributed by atoms with E-state index in [4.69, 9.17) is 8.83 Å². The van der Waals surface area contributed by atoms with E-state index in [1.54, 1.807) is 0 Å². The van der Waals surface area contributed by atoms with Crippen LogP contribution in [0.3, 0.4) is 0 Å². The van der Waals surface area contributed by atoms with Crippen LogP contribution < -0.4 is 9.80 Å². The van der Waals surface area contributed by atoms with Gasteiger partial charge in [-0.15, -0.1) is 0 Å². The fraction of sp³-hybridized carbons (Fsp3) is 0. The molecule has 0 amide bonds. The average Bonchev–Trinajstić information content (AvgIpc) is 3.99. The number of rotatable bonds is 6. The number of nitrogens with zero attached hydrogens (tertiary/aromatic N) is 2. The lowest BCUT2D eigenvalue weighted by atomic mass is 9.78. The normalized spacial score (nSPS) is 12.1. The van der Waals surface area contributed by atoms with Crippen molar-refractivity contribution in [2.75, 3.05) is 9.80 Å². The number of para-hydroxylation sites is 4. The first-order valence-corrected chi connectivity index (χ1v) is 23.2. The molecule has 316 valence electrons. The Kier molecular flexibility index (Phi) is 7.75. The van der Waals surface area contributed by atoms with Crippen LogP contribution in [0.5, 0.6) is 0 Å². The van der Waals surface area contributed by atoms with E-state index < -0.39 is 0 Å². The third-order valence-electron chi connectivity index (χ3n) is 14.3. The second-order valence-electron chi connectivity index (χ2n) is 18.0. The first-order valence-electron chi connectivity index (χ1n) is 23.2. The second kappa shape index (κ2) is 14.2. The Hall–Kier alpha value is -9.12. The van der Waals surface area contributed by atoms with Gasteiger partial charge in [0.15, 0.2) is 11.2 Å². The minimum absolute atomic E-state index is 0.869. The van der Waals surface area contributed by atoms with Gasteiger partial charge in [0.25, 0.3) is 0 Å². The minimum atomic E-state index is 0.869. The van der Waals surface area contributed by atoms with E-state index in [-0.39, 0.29) is 0 Å². The molecule has 0 saturated carbocycles. The SMILES string of the molecule is c1ccc(N(c2ccc3cc4c(cc3c2)-c2cc3cc(N(c5ccccc5)c5cccc6c5oc5c7ccccc7ccc65)ccc3cc2-4)c2cccc3c2oc2c4ccccc4ccc32)cc1. The van der Waals surface area contributed by atoms with Crippen molar-refractivity contribution in [2.45, 2.75) is 0 Å². The van der Waals surface area contributed by atoms with Gasteiger partial charge in [-0.05, 0) is 152 Å². The van der Waals surface area contributed by atoms with E-state index in [2.05, 4.69) is 240 Å². The van der Waals surface area contributed by atoms with E-state index in [0.717, 1.165) is 88.8 Å². The van der Waals surface area contributed by atoms with Crippen molar-refractivity contribution in [1.82, 2.24) is 0 Å². The summed E-state index contributed by atoms with van der Waals surface area (Å²) in [6.45, 7) is 0. The molecule has 0 aliphatic heterocycles. The molecule has 0 unspecified atom stereocenters. The van der Waals surface area contributed by atoms with Crippen LogP contribution in [0.4, 0.5) is 34.1 Å². The molecule has 0 fully saturated rings. The molecule has 68 heavy (non-hydrogen) atoms. The summed E-state index contributed by atoms with van der Waals surface area (Å²) >= 11 is 0. The van der Waals surface area contributed by atoms with Gasteiger partial charge in [-0.25, -0.2) is 0 Å². The number of fused-ring (bicyclic) bond motifs is 16. The molecule has 0 bridgehead atoms. The maximum atomic E-state index is 6.90. The predicted molar refractivity (Wildman–Crippen MR) is 285 cm³/mol. The van der Waals surface area contributed by atoms with E-state index in [9.17, 15) is 0 Å². The van der Waals surface area contributed by atoms with E-state index in [0.29, 0.717) is 0 Å². The summed E-state index contributed by atoms with van der Waals surface area (Å²) in [4.78, 5) is 4.67. The molecule has 0 N–H and O–H groups in total. The first-order chi connectivity index (χ1) is 33.7. The van der Waals surface area contributed by atoms with Gasteiger partial charge in [0.2, 0.25) is 0 Å². The molecule has 1 aliphatic rings. The van der Waals surface area contributed by atoms with Crippen LogP contribution in [-0.2, 0) is 0 Å². The summed E-state index contributed by atoms with van der Waals surface area (Å²) in [6.07, 6.45) is 0. The van der Waals surface area contributed by atoms with Gasteiger partial charge in [0, 0.05) is 55.1 Å². The fourth-order valence-corrected chi connectivity index (χ4v) is 11.1. The molecule has 12 aromatic carbocycles. The van der Waals surface area contributed by atoms with Crippen molar-refractivity contribution in [3.63, 3.8) is 0 Å². The lowest BCUT2D eigenvalue weighted by Gasteiger charge is -2.28. The molecular formula is C64H38N2O2. The number of benzene rings is 12. The lowest BCUT2D eigenvalue weighted by Crippen LogP contribution is -2.10. The molecule has 0 radical (unpaired) electrons. The van der Waals surface area contributed by atoms with Crippen LogP contribution in [0, 0.1) is 0 Å². The molecule has 1 aliphatic carbocycles. The zero-order valence-corrected chi connectivity index (χ0v) is 36.7. The van der Waals surface area contributed by atoms with Crippen molar-refractivity contribution in [3.8, 4) is 22.3 Å². The largest absolute Gasteiger partial charge is 0.453 e. The standard InChI is InChI=1S/C64H38N2O2/c1-3-15-45(16-4-1)65(59-23-11-21-51-53-31-27-39-13-7-9-19-49(39)61(53)67-63(51)59)47-29-25-41-35-55-56-36-42-26-30-48(34-44(42)38-58(56)57(55)37-43(41)33-47)66(46-17-5-2-6-18-46)60-24-12-22-52-54-32-28-40-14-8-10-20-50(40)62(54)68-64(52)60/h1-38H. The van der Waals surface area contributed by atoms with Gasteiger partial charge in [-0.1, -0.05) is 133 Å². The van der Waals surface area contributed by atoms with Crippen molar-refractivity contribution < 1.29 is 8.83 Å². The maximum absolute atomic E-state index is 6.90. The molecule has 0 atom stereocenters. The quantitative estimate of drug-likeness (QED) is 0.167. The van der Waals surface area contributed by atoms with E-state index in [1.807, 2.05) is 0 Å². The van der Waals surface area contributed by atoms with Crippen molar-refractivity contribution in [2.24, 2.45) is 0 Å². The summed E-state index contributed by atoms with van der Waals surface area (Å²) in [5.41, 5.74) is 15.0. The monoisotopic (exact) mass is 866 g/mol. The van der Waals surface area contributed by atoms with Gasteiger partial charge in [-0.3, -0.25) is 0 Å². The summed E-state index contributed by atoms with van der Waals surface area (Å²) in [6, 6.07) is 83.1. The van der Waals surface area contributed by atoms with Crippen LogP contribution in [0.15, 0.2) is 239 Å². The Balaban J connectivity index is 0.850. The molecule has 2 aromatic heterocycles. The highest BCUT2D eigenvalue weighted by Gasteiger charge is 2.27. The van der Waals surface area contributed by atoms with Gasteiger partial charge in [0.1, 0.15) is 11.2 Å². The Morgan fingerprint density at radius 1 is 0.221 bits per heavy atom. The van der Waals surface area contributed by atoms with Crippen molar-refractivity contribution >= 4 is 121 Å². The highest BCUT2D eigenvalue weighted by Crippen LogP contribution is 2.52. The predicted octanol–water partition coefficient (Wildman–Crippen LogP) is 18.7. The Morgan fingerprint density at radius 3 is 1.04 bits per heavy atom. The third-order valence-corrected chi connectivity index (χ3v) is 14.3. The van der Waals surface area contributed by atoms with Crippen molar-refractivity contribution in [1.29, 1.82) is 0 Å². The lowest BCUT2D eigenvalue weighted by molar-refractivity contribution is 0.672. The van der Waals surface area contributed by atoms with Gasteiger partial charge in [-0.2, -0.15) is 0 Å². The minimum Gasteiger partial charge on any atom is -0.453 e. The zero-order chi connectivity index (χ0) is 44.5. The Labute approximate surface area is 390 Å². The number of hydrogen-bond donors (Lipinski definition) is 0. The Morgan fingerprint density at radius 2 is 0.588 bits per heavy atom. The molecular weight excluding hydrogens is 829 g/mol. The molecule has 0 saturated heterocycles. The van der Waals surface area contributed by atoms with E-state index >= 15 is 0 Å². The maximum Gasteiger partial charge on any atom is 0.159 e. The van der Waals surface area contributed by atoms with Gasteiger partial charge >= 0.3 is 0 Å². The fourth-order valence-electron chi connectivity index (χ4n) is 11.1. The topological polar surface area (TPSA) is 32.8 Å². The summed E-state index contributed by atoms with van der Waals surface area (Å²) in [5, 5.41) is 13.8. The van der Waals surface area contributed by atoms with Crippen LogP contribution in [0.1, 0.15) is 0 Å². The van der Waals surface area contributed by atoms with E-state index in [1.165, 1.54) is 54.6 Å². The molecule has 15 rings (SSSR count). The first kappa shape index (κ1) is 37.1. The molecule has 4 heteroatoms. The second-order valence-corrected chi connectivity index (χ2v) is 18.0. The number of anilines is 6. The molecule has 4 nitrogen and oxygen atoms in total.